The molecule has 2 saturated carbocycles. The van der Waals surface area contributed by atoms with Gasteiger partial charge in [-0.05, 0) is 48.9 Å². The summed E-state index contributed by atoms with van der Waals surface area (Å²) in [7, 11) is 0. The van der Waals surface area contributed by atoms with Crippen LogP contribution >= 0.6 is 0 Å². The number of carbonyl (C=O) groups excluding carboxylic acids is 1. The summed E-state index contributed by atoms with van der Waals surface area (Å²) in [6.07, 6.45) is 12.6. The molecule has 0 saturated heterocycles. The standard InChI is InChI=1S/C17H26N2O2/c1-16-6-3-4-13(10-16)11-17(2,12-16)7-5-14(20)19-15-18-8-9-21-15/h8-9,13H,3-7,10-12H2,1-2H3,(H,18,19,20). The lowest BCUT2D eigenvalue weighted by Crippen LogP contribution is -2.40. The van der Waals surface area contributed by atoms with Crippen molar-refractivity contribution in [3.05, 3.63) is 12.5 Å². The fourth-order valence-electron chi connectivity index (χ4n) is 4.93. The molecule has 1 aromatic rings. The van der Waals surface area contributed by atoms with Gasteiger partial charge in [-0.15, -0.1) is 0 Å². The Hall–Kier alpha value is -1.32. The van der Waals surface area contributed by atoms with E-state index in [-0.39, 0.29) is 5.91 Å². The molecule has 3 atom stereocenters. The van der Waals surface area contributed by atoms with E-state index in [9.17, 15) is 4.79 Å². The molecule has 116 valence electrons. The van der Waals surface area contributed by atoms with Crippen molar-refractivity contribution < 1.29 is 9.21 Å². The first-order valence-corrected chi connectivity index (χ1v) is 8.16. The van der Waals surface area contributed by atoms with Crippen LogP contribution < -0.4 is 5.32 Å². The van der Waals surface area contributed by atoms with Crippen LogP contribution in [0.1, 0.15) is 65.2 Å². The number of aromatic nitrogens is 1. The van der Waals surface area contributed by atoms with Crippen LogP contribution in [0, 0.1) is 16.7 Å². The molecule has 1 amide bonds. The molecule has 0 aromatic carbocycles. The summed E-state index contributed by atoms with van der Waals surface area (Å²) in [4.78, 5) is 15.9. The molecule has 0 radical (unpaired) electrons. The summed E-state index contributed by atoms with van der Waals surface area (Å²) in [5.74, 6) is 0.886. The molecule has 1 heterocycles. The molecule has 1 N–H and O–H groups in total. The second-order valence-electron chi connectivity index (χ2n) is 7.85. The van der Waals surface area contributed by atoms with Crippen LogP contribution in [0.2, 0.25) is 0 Å². The van der Waals surface area contributed by atoms with Gasteiger partial charge in [-0.3, -0.25) is 10.1 Å². The van der Waals surface area contributed by atoms with Gasteiger partial charge in [0.2, 0.25) is 5.91 Å². The van der Waals surface area contributed by atoms with Crippen LogP contribution in [-0.4, -0.2) is 10.9 Å². The van der Waals surface area contributed by atoms with E-state index < -0.39 is 0 Å². The number of carbonyl (C=O) groups is 1. The predicted octanol–water partition coefficient (Wildman–Crippen LogP) is 4.39. The lowest BCUT2D eigenvalue weighted by atomic mass is 9.54. The van der Waals surface area contributed by atoms with E-state index in [2.05, 4.69) is 24.1 Å². The minimum Gasteiger partial charge on any atom is -0.432 e. The number of fused-ring (bicyclic) bond motifs is 2. The topological polar surface area (TPSA) is 55.1 Å². The van der Waals surface area contributed by atoms with Crippen molar-refractivity contribution in [1.29, 1.82) is 0 Å². The maximum absolute atomic E-state index is 12.0. The Balaban J connectivity index is 1.55. The zero-order valence-corrected chi connectivity index (χ0v) is 13.2. The van der Waals surface area contributed by atoms with E-state index >= 15 is 0 Å². The van der Waals surface area contributed by atoms with Crippen LogP contribution in [0.4, 0.5) is 6.01 Å². The van der Waals surface area contributed by atoms with Crippen molar-refractivity contribution in [2.24, 2.45) is 16.7 Å². The van der Waals surface area contributed by atoms with E-state index in [0.29, 0.717) is 23.3 Å². The Morgan fingerprint density at radius 1 is 1.48 bits per heavy atom. The number of oxazole rings is 1. The first-order chi connectivity index (χ1) is 9.96. The second kappa shape index (κ2) is 5.47. The van der Waals surface area contributed by atoms with Crippen molar-refractivity contribution in [2.75, 3.05) is 5.32 Å². The number of hydrogen-bond donors (Lipinski definition) is 1. The quantitative estimate of drug-likeness (QED) is 0.894. The largest absolute Gasteiger partial charge is 0.432 e. The molecule has 4 heteroatoms. The predicted molar refractivity (Wildman–Crippen MR) is 81.8 cm³/mol. The average molecular weight is 290 g/mol. The number of nitrogens with zero attached hydrogens (tertiary/aromatic N) is 1. The van der Waals surface area contributed by atoms with Crippen LogP contribution in [0.25, 0.3) is 0 Å². The SMILES string of the molecule is CC12CCCC(C1)CC(C)(CCC(=O)Nc1ncco1)C2. The molecule has 2 aliphatic carbocycles. The Kier molecular flexibility index (Phi) is 3.80. The third kappa shape index (κ3) is 3.47. The Morgan fingerprint density at radius 2 is 2.33 bits per heavy atom. The zero-order chi connectivity index (χ0) is 14.9. The summed E-state index contributed by atoms with van der Waals surface area (Å²) in [5.41, 5.74) is 0.820. The molecule has 2 bridgehead atoms. The van der Waals surface area contributed by atoms with Crippen molar-refractivity contribution in [1.82, 2.24) is 4.98 Å². The number of anilines is 1. The molecule has 0 spiro atoms. The van der Waals surface area contributed by atoms with Gasteiger partial charge >= 0.3 is 6.01 Å². The highest BCUT2D eigenvalue weighted by molar-refractivity contribution is 5.88. The number of amides is 1. The number of rotatable bonds is 4. The van der Waals surface area contributed by atoms with E-state index in [1.807, 2.05) is 0 Å². The molecule has 2 fully saturated rings. The van der Waals surface area contributed by atoms with Crippen LogP contribution in [0.3, 0.4) is 0 Å². The lowest BCUT2D eigenvalue weighted by Gasteiger charge is -2.51. The van der Waals surface area contributed by atoms with Crippen molar-refractivity contribution in [3.63, 3.8) is 0 Å². The summed E-state index contributed by atoms with van der Waals surface area (Å²) >= 11 is 0. The van der Waals surface area contributed by atoms with Crippen molar-refractivity contribution >= 4 is 11.9 Å². The molecule has 2 aliphatic rings. The first-order valence-electron chi connectivity index (χ1n) is 8.16. The van der Waals surface area contributed by atoms with E-state index in [1.165, 1.54) is 44.8 Å². The van der Waals surface area contributed by atoms with Crippen LogP contribution in [0.15, 0.2) is 16.9 Å². The average Bonchev–Trinajstić information content (AvgIpc) is 2.87. The van der Waals surface area contributed by atoms with Gasteiger partial charge in [0.15, 0.2) is 0 Å². The van der Waals surface area contributed by atoms with Gasteiger partial charge in [-0.25, -0.2) is 4.98 Å². The Morgan fingerprint density at radius 3 is 3.05 bits per heavy atom. The highest BCUT2D eigenvalue weighted by atomic mass is 16.4. The number of nitrogens with one attached hydrogen (secondary N) is 1. The Labute approximate surface area is 126 Å². The van der Waals surface area contributed by atoms with Gasteiger partial charge in [-0.2, -0.15) is 0 Å². The highest BCUT2D eigenvalue weighted by Crippen LogP contribution is 2.56. The van der Waals surface area contributed by atoms with Gasteiger partial charge < -0.3 is 4.42 Å². The second-order valence-corrected chi connectivity index (χ2v) is 7.85. The maximum Gasteiger partial charge on any atom is 0.301 e. The van der Waals surface area contributed by atoms with E-state index in [4.69, 9.17) is 4.42 Å². The van der Waals surface area contributed by atoms with Crippen molar-refractivity contribution in [2.45, 2.75) is 65.2 Å². The molecule has 4 nitrogen and oxygen atoms in total. The molecular formula is C17H26N2O2. The van der Waals surface area contributed by atoms with Crippen LogP contribution in [0.5, 0.6) is 0 Å². The highest BCUT2D eigenvalue weighted by Gasteiger charge is 2.45. The van der Waals surface area contributed by atoms with Gasteiger partial charge in [0.05, 0.1) is 6.20 Å². The number of hydrogen-bond acceptors (Lipinski definition) is 3. The zero-order valence-electron chi connectivity index (χ0n) is 13.2. The maximum atomic E-state index is 12.0. The molecule has 3 rings (SSSR count). The molecule has 1 aromatic heterocycles. The Bertz CT molecular complexity index is 499. The summed E-state index contributed by atoms with van der Waals surface area (Å²) < 4.78 is 5.05. The molecular weight excluding hydrogens is 264 g/mol. The van der Waals surface area contributed by atoms with E-state index in [0.717, 1.165) is 12.3 Å². The third-order valence-electron chi connectivity index (χ3n) is 5.44. The minimum absolute atomic E-state index is 0.0135. The molecule has 0 aliphatic heterocycles. The van der Waals surface area contributed by atoms with Gasteiger partial charge in [0.25, 0.3) is 0 Å². The molecule has 21 heavy (non-hydrogen) atoms. The van der Waals surface area contributed by atoms with Gasteiger partial charge in [0.1, 0.15) is 6.26 Å². The normalized spacial score (nSPS) is 35.4. The van der Waals surface area contributed by atoms with Crippen molar-refractivity contribution in [3.8, 4) is 0 Å². The third-order valence-corrected chi connectivity index (χ3v) is 5.44. The summed E-state index contributed by atoms with van der Waals surface area (Å²) in [5, 5.41) is 2.72. The lowest BCUT2D eigenvalue weighted by molar-refractivity contribution is -0.117. The fraction of sp³-hybridized carbons (Fsp3) is 0.765. The smallest absolute Gasteiger partial charge is 0.301 e. The van der Waals surface area contributed by atoms with Gasteiger partial charge in [0, 0.05) is 6.42 Å². The summed E-state index contributed by atoms with van der Waals surface area (Å²) in [6, 6.07) is 0.303. The first kappa shape index (κ1) is 14.6. The van der Waals surface area contributed by atoms with E-state index in [1.54, 1.807) is 6.20 Å². The van der Waals surface area contributed by atoms with Crippen LogP contribution in [-0.2, 0) is 4.79 Å². The molecule has 3 unspecified atom stereocenters. The summed E-state index contributed by atoms with van der Waals surface area (Å²) in [6.45, 7) is 4.82. The minimum atomic E-state index is 0.0135. The monoisotopic (exact) mass is 290 g/mol. The fourth-order valence-corrected chi connectivity index (χ4v) is 4.93. The van der Waals surface area contributed by atoms with Gasteiger partial charge in [-0.1, -0.05) is 26.7 Å².